The third kappa shape index (κ3) is 4.66. The Kier molecular flexibility index (Phi) is 6.35. The minimum atomic E-state index is -0.360. The molecule has 0 spiro atoms. The number of hydrogen-bond acceptors (Lipinski definition) is 3. The summed E-state index contributed by atoms with van der Waals surface area (Å²) in [5.41, 5.74) is 5.96. The van der Waals surface area contributed by atoms with E-state index in [1.165, 1.54) is 0 Å². The Hall–Kier alpha value is -1.07. The Morgan fingerprint density at radius 3 is 2.61 bits per heavy atom. The molecule has 1 amide bonds. The van der Waals surface area contributed by atoms with E-state index in [-0.39, 0.29) is 23.9 Å². The Morgan fingerprint density at radius 2 is 2.22 bits per heavy atom. The molecule has 1 rings (SSSR count). The van der Waals surface area contributed by atoms with Crippen LogP contribution in [0.25, 0.3) is 0 Å². The second-order valence-electron chi connectivity index (χ2n) is 5.22. The maximum absolute atomic E-state index is 12.0. The summed E-state index contributed by atoms with van der Waals surface area (Å²) in [6, 6.07) is 0. The van der Waals surface area contributed by atoms with Crippen LogP contribution >= 0.6 is 12.4 Å². The number of nitrogens with two attached hydrogens (primary N) is 1. The summed E-state index contributed by atoms with van der Waals surface area (Å²) in [4.78, 5) is 12.0. The molecule has 104 valence electrons. The van der Waals surface area contributed by atoms with Gasteiger partial charge in [0.25, 0.3) is 5.91 Å². The van der Waals surface area contributed by atoms with E-state index in [1.807, 2.05) is 6.92 Å². The third-order valence-corrected chi connectivity index (χ3v) is 2.69. The van der Waals surface area contributed by atoms with Gasteiger partial charge in [-0.25, -0.2) is 0 Å². The molecular formula is C12H23ClN4O. The van der Waals surface area contributed by atoms with E-state index < -0.39 is 0 Å². The van der Waals surface area contributed by atoms with Gasteiger partial charge >= 0.3 is 0 Å². The fourth-order valence-electron chi connectivity index (χ4n) is 1.97. The second-order valence-corrected chi connectivity index (χ2v) is 5.22. The summed E-state index contributed by atoms with van der Waals surface area (Å²) in [7, 11) is 1.78. The number of halogens is 1. The Morgan fingerprint density at radius 1 is 1.61 bits per heavy atom. The summed E-state index contributed by atoms with van der Waals surface area (Å²) in [6.45, 7) is 6.63. The van der Waals surface area contributed by atoms with Crippen molar-refractivity contribution in [3.63, 3.8) is 0 Å². The standard InChI is InChI=1S/C12H22N4O.ClH/c1-9(2)5-12(3,8-13)15-11(17)10-6-14-16(4)7-10;/h6-7,9H,5,8,13H2,1-4H3,(H,15,17);1H. The lowest BCUT2D eigenvalue weighted by molar-refractivity contribution is 0.0898. The van der Waals surface area contributed by atoms with E-state index in [0.29, 0.717) is 18.0 Å². The van der Waals surface area contributed by atoms with E-state index in [9.17, 15) is 4.79 Å². The largest absolute Gasteiger partial charge is 0.346 e. The first kappa shape index (κ1) is 16.9. The molecule has 0 fully saturated rings. The van der Waals surface area contributed by atoms with Gasteiger partial charge in [0.05, 0.1) is 11.8 Å². The molecule has 0 aromatic carbocycles. The number of amides is 1. The van der Waals surface area contributed by atoms with E-state index in [4.69, 9.17) is 5.73 Å². The van der Waals surface area contributed by atoms with Crippen molar-refractivity contribution in [2.24, 2.45) is 18.7 Å². The van der Waals surface area contributed by atoms with Gasteiger partial charge in [-0.3, -0.25) is 9.48 Å². The maximum Gasteiger partial charge on any atom is 0.254 e. The lowest BCUT2D eigenvalue weighted by Gasteiger charge is -2.31. The highest BCUT2D eigenvalue weighted by atomic mass is 35.5. The van der Waals surface area contributed by atoms with Gasteiger partial charge in [-0.1, -0.05) is 13.8 Å². The number of carbonyl (C=O) groups excluding carboxylic acids is 1. The monoisotopic (exact) mass is 274 g/mol. The summed E-state index contributed by atoms with van der Waals surface area (Å²) >= 11 is 0. The Bertz CT molecular complexity index is 391. The predicted molar refractivity (Wildman–Crippen MR) is 74.8 cm³/mol. The average Bonchev–Trinajstić information content (AvgIpc) is 2.63. The molecule has 0 aliphatic carbocycles. The van der Waals surface area contributed by atoms with Crippen molar-refractivity contribution in [2.45, 2.75) is 32.7 Å². The molecule has 1 heterocycles. The molecule has 1 atom stereocenters. The SMILES string of the molecule is CC(C)CC(C)(CN)NC(=O)c1cnn(C)c1.Cl. The molecule has 0 aliphatic heterocycles. The van der Waals surface area contributed by atoms with E-state index in [0.717, 1.165) is 6.42 Å². The van der Waals surface area contributed by atoms with Crippen molar-refractivity contribution in [3.8, 4) is 0 Å². The number of aryl methyl sites for hydroxylation is 1. The van der Waals surface area contributed by atoms with Crippen LogP contribution < -0.4 is 11.1 Å². The molecule has 5 nitrogen and oxygen atoms in total. The molecule has 1 unspecified atom stereocenters. The van der Waals surface area contributed by atoms with Gasteiger partial charge in [0, 0.05) is 25.3 Å². The fourth-order valence-corrected chi connectivity index (χ4v) is 1.97. The molecule has 0 bridgehead atoms. The highest BCUT2D eigenvalue weighted by molar-refractivity contribution is 5.94. The van der Waals surface area contributed by atoms with Crippen LogP contribution in [0, 0.1) is 5.92 Å². The molecule has 1 aromatic heterocycles. The summed E-state index contributed by atoms with van der Waals surface area (Å²) < 4.78 is 1.61. The minimum absolute atomic E-state index is 0. The number of rotatable bonds is 5. The van der Waals surface area contributed by atoms with Gasteiger partial charge in [0.15, 0.2) is 0 Å². The summed E-state index contributed by atoms with van der Waals surface area (Å²) in [6.07, 6.45) is 4.11. The molecule has 3 N–H and O–H groups in total. The first-order valence-electron chi connectivity index (χ1n) is 5.87. The number of hydrogen-bond donors (Lipinski definition) is 2. The number of nitrogens with one attached hydrogen (secondary N) is 1. The molecule has 0 saturated heterocycles. The predicted octanol–water partition coefficient (Wildman–Crippen LogP) is 1.34. The van der Waals surface area contributed by atoms with Crippen LogP contribution in [0.2, 0.25) is 0 Å². The molecular weight excluding hydrogens is 252 g/mol. The first-order chi connectivity index (χ1) is 7.86. The van der Waals surface area contributed by atoms with E-state index >= 15 is 0 Å². The lowest BCUT2D eigenvalue weighted by atomic mass is 9.90. The Balaban J connectivity index is 0.00000289. The van der Waals surface area contributed by atoms with Crippen LogP contribution in [0.1, 0.15) is 37.6 Å². The van der Waals surface area contributed by atoms with E-state index in [2.05, 4.69) is 24.3 Å². The second kappa shape index (κ2) is 6.75. The van der Waals surface area contributed by atoms with Crippen molar-refractivity contribution < 1.29 is 4.79 Å². The smallest absolute Gasteiger partial charge is 0.254 e. The van der Waals surface area contributed by atoms with Crippen LogP contribution in [0.3, 0.4) is 0 Å². The first-order valence-corrected chi connectivity index (χ1v) is 5.87. The van der Waals surface area contributed by atoms with Gasteiger partial charge in [-0.05, 0) is 19.3 Å². The number of carbonyl (C=O) groups is 1. The zero-order chi connectivity index (χ0) is 13.1. The highest BCUT2D eigenvalue weighted by Crippen LogP contribution is 2.16. The zero-order valence-corrected chi connectivity index (χ0v) is 12.3. The molecule has 1 aromatic rings. The topological polar surface area (TPSA) is 72.9 Å². The van der Waals surface area contributed by atoms with Crippen molar-refractivity contribution in [1.29, 1.82) is 0 Å². The zero-order valence-electron chi connectivity index (χ0n) is 11.4. The quantitative estimate of drug-likeness (QED) is 0.851. The minimum Gasteiger partial charge on any atom is -0.346 e. The van der Waals surface area contributed by atoms with Crippen molar-refractivity contribution in [1.82, 2.24) is 15.1 Å². The van der Waals surface area contributed by atoms with Crippen LogP contribution in [0.5, 0.6) is 0 Å². The van der Waals surface area contributed by atoms with Crippen LogP contribution in [0.4, 0.5) is 0 Å². The van der Waals surface area contributed by atoms with Crippen LogP contribution in [0.15, 0.2) is 12.4 Å². The third-order valence-electron chi connectivity index (χ3n) is 2.69. The fraction of sp³-hybridized carbons (Fsp3) is 0.667. The molecule has 0 radical (unpaired) electrons. The molecule has 0 aliphatic rings. The number of nitrogens with zero attached hydrogens (tertiary/aromatic N) is 2. The van der Waals surface area contributed by atoms with Crippen LogP contribution in [-0.2, 0) is 7.05 Å². The van der Waals surface area contributed by atoms with Gasteiger partial charge in [-0.2, -0.15) is 5.10 Å². The van der Waals surface area contributed by atoms with Crippen molar-refractivity contribution in [2.75, 3.05) is 6.54 Å². The van der Waals surface area contributed by atoms with E-state index in [1.54, 1.807) is 24.1 Å². The lowest BCUT2D eigenvalue weighted by Crippen LogP contribution is -2.52. The van der Waals surface area contributed by atoms with Crippen molar-refractivity contribution in [3.05, 3.63) is 18.0 Å². The molecule has 6 heteroatoms. The summed E-state index contributed by atoms with van der Waals surface area (Å²) in [5.74, 6) is 0.365. The highest BCUT2D eigenvalue weighted by Gasteiger charge is 2.26. The van der Waals surface area contributed by atoms with Gasteiger partial charge in [0.2, 0.25) is 0 Å². The molecule has 0 saturated carbocycles. The Labute approximate surface area is 115 Å². The normalized spacial score (nSPS) is 13.9. The number of aromatic nitrogens is 2. The summed E-state index contributed by atoms with van der Waals surface area (Å²) in [5, 5.41) is 6.97. The van der Waals surface area contributed by atoms with Gasteiger partial charge in [-0.15, -0.1) is 12.4 Å². The van der Waals surface area contributed by atoms with Gasteiger partial charge in [0.1, 0.15) is 0 Å². The van der Waals surface area contributed by atoms with Gasteiger partial charge < -0.3 is 11.1 Å². The maximum atomic E-state index is 12.0. The molecule has 18 heavy (non-hydrogen) atoms. The average molecular weight is 275 g/mol. The van der Waals surface area contributed by atoms with Crippen LogP contribution in [-0.4, -0.2) is 27.8 Å². The van der Waals surface area contributed by atoms with Crippen molar-refractivity contribution >= 4 is 18.3 Å².